The summed E-state index contributed by atoms with van der Waals surface area (Å²) >= 11 is 0. The molecule has 1 aromatic carbocycles. The van der Waals surface area contributed by atoms with Crippen molar-refractivity contribution in [3.63, 3.8) is 0 Å². The summed E-state index contributed by atoms with van der Waals surface area (Å²) in [6.45, 7) is 3.25. The molecule has 3 atom stereocenters. The van der Waals surface area contributed by atoms with E-state index in [9.17, 15) is 19.5 Å². The van der Waals surface area contributed by atoms with Crippen LogP contribution in [0.1, 0.15) is 43.0 Å². The third-order valence-corrected chi connectivity index (χ3v) is 6.36. The molecule has 0 aromatic heterocycles. The second-order valence-corrected chi connectivity index (χ2v) is 8.14. The lowest BCUT2D eigenvalue weighted by Crippen LogP contribution is -2.40. The lowest BCUT2D eigenvalue weighted by atomic mass is 9.90. The molecule has 6 nitrogen and oxygen atoms in total. The molecule has 138 valence electrons. The number of likely N-dealkylation sites (tertiary alicyclic amines) is 1. The Bertz CT molecular complexity index is 767. The molecular formula is C20H24N2O4. The van der Waals surface area contributed by atoms with Gasteiger partial charge in [-0.05, 0) is 55.2 Å². The molecule has 0 bridgehead atoms. The second-order valence-electron chi connectivity index (χ2n) is 8.14. The van der Waals surface area contributed by atoms with Crippen LogP contribution in [0.15, 0.2) is 24.3 Å². The molecule has 3 fully saturated rings. The SMILES string of the molecule is CC1CC1C(=O)Nc1cccc(C(=O)N2CCC3(CC2)CC3C(=O)O)c1. The Morgan fingerprint density at radius 2 is 1.92 bits per heavy atom. The highest BCUT2D eigenvalue weighted by Crippen LogP contribution is 2.59. The molecule has 1 saturated heterocycles. The van der Waals surface area contributed by atoms with Gasteiger partial charge in [-0.3, -0.25) is 14.4 Å². The van der Waals surface area contributed by atoms with E-state index >= 15 is 0 Å². The summed E-state index contributed by atoms with van der Waals surface area (Å²) in [5.74, 6) is -0.439. The van der Waals surface area contributed by atoms with Gasteiger partial charge in [-0.1, -0.05) is 13.0 Å². The Morgan fingerprint density at radius 1 is 1.23 bits per heavy atom. The van der Waals surface area contributed by atoms with Crippen molar-refractivity contribution in [1.29, 1.82) is 0 Å². The number of anilines is 1. The van der Waals surface area contributed by atoms with E-state index in [0.717, 1.165) is 25.7 Å². The van der Waals surface area contributed by atoms with Crippen molar-refractivity contribution in [3.05, 3.63) is 29.8 Å². The minimum atomic E-state index is -0.710. The molecule has 3 unspecified atom stereocenters. The van der Waals surface area contributed by atoms with Gasteiger partial charge in [0.25, 0.3) is 5.91 Å². The highest BCUT2D eigenvalue weighted by molar-refractivity contribution is 5.98. The largest absolute Gasteiger partial charge is 0.481 e. The van der Waals surface area contributed by atoms with Crippen LogP contribution in [0.25, 0.3) is 0 Å². The Hall–Kier alpha value is -2.37. The zero-order valence-corrected chi connectivity index (χ0v) is 14.9. The third kappa shape index (κ3) is 3.08. The van der Waals surface area contributed by atoms with Crippen molar-refractivity contribution in [2.24, 2.45) is 23.2 Å². The van der Waals surface area contributed by atoms with E-state index in [1.165, 1.54) is 0 Å². The van der Waals surface area contributed by atoms with Gasteiger partial charge >= 0.3 is 5.97 Å². The van der Waals surface area contributed by atoms with Crippen LogP contribution in [-0.4, -0.2) is 40.9 Å². The number of aliphatic carboxylic acids is 1. The summed E-state index contributed by atoms with van der Waals surface area (Å²) in [6, 6.07) is 7.08. The van der Waals surface area contributed by atoms with Crippen LogP contribution in [-0.2, 0) is 9.59 Å². The highest BCUT2D eigenvalue weighted by Gasteiger charge is 2.59. The normalized spacial score (nSPS) is 28.5. The fraction of sp³-hybridized carbons (Fsp3) is 0.550. The van der Waals surface area contributed by atoms with Crippen molar-refractivity contribution in [2.45, 2.75) is 32.6 Å². The Kier molecular flexibility index (Phi) is 4.01. The van der Waals surface area contributed by atoms with Gasteiger partial charge in [-0.15, -0.1) is 0 Å². The lowest BCUT2D eigenvalue weighted by Gasteiger charge is -2.32. The monoisotopic (exact) mass is 356 g/mol. The molecule has 1 aromatic rings. The standard InChI is InChI=1S/C20H24N2O4/c1-12-9-15(12)17(23)21-14-4-2-3-13(10-14)18(24)22-7-5-20(6-8-22)11-16(20)19(25)26/h2-4,10,12,15-16H,5-9,11H2,1H3,(H,21,23)(H,25,26). The zero-order valence-electron chi connectivity index (χ0n) is 14.9. The highest BCUT2D eigenvalue weighted by atomic mass is 16.4. The van der Waals surface area contributed by atoms with E-state index in [-0.39, 0.29) is 29.1 Å². The molecule has 0 radical (unpaired) electrons. The van der Waals surface area contributed by atoms with Gasteiger partial charge in [0, 0.05) is 30.3 Å². The summed E-state index contributed by atoms with van der Waals surface area (Å²) in [6.07, 6.45) is 3.18. The van der Waals surface area contributed by atoms with Gasteiger partial charge in [-0.25, -0.2) is 0 Å². The fourth-order valence-corrected chi connectivity index (χ4v) is 4.24. The fourth-order valence-electron chi connectivity index (χ4n) is 4.24. The smallest absolute Gasteiger partial charge is 0.307 e. The first-order chi connectivity index (χ1) is 12.4. The molecule has 2 N–H and O–H groups in total. The van der Waals surface area contributed by atoms with Crippen LogP contribution in [0.4, 0.5) is 5.69 Å². The van der Waals surface area contributed by atoms with Crippen LogP contribution < -0.4 is 5.32 Å². The van der Waals surface area contributed by atoms with E-state index < -0.39 is 5.97 Å². The van der Waals surface area contributed by atoms with Gasteiger partial charge in [0.2, 0.25) is 5.91 Å². The number of rotatable bonds is 4. The first kappa shape index (κ1) is 17.1. The zero-order chi connectivity index (χ0) is 18.5. The van der Waals surface area contributed by atoms with Crippen LogP contribution in [0.5, 0.6) is 0 Å². The summed E-state index contributed by atoms with van der Waals surface area (Å²) in [4.78, 5) is 37.8. The van der Waals surface area contributed by atoms with Crippen molar-refractivity contribution in [1.82, 2.24) is 4.90 Å². The Labute approximate surface area is 152 Å². The van der Waals surface area contributed by atoms with E-state index in [4.69, 9.17) is 0 Å². The van der Waals surface area contributed by atoms with Crippen molar-refractivity contribution < 1.29 is 19.5 Å². The summed E-state index contributed by atoms with van der Waals surface area (Å²) < 4.78 is 0. The second kappa shape index (κ2) is 6.11. The van der Waals surface area contributed by atoms with Crippen LogP contribution in [0, 0.1) is 23.2 Å². The summed E-state index contributed by atoms with van der Waals surface area (Å²) in [7, 11) is 0. The molecule has 2 aliphatic carbocycles. The maximum atomic E-state index is 12.8. The molecular weight excluding hydrogens is 332 g/mol. The Balaban J connectivity index is 1.37. The number of piperidine rings is 1. The first-order valence-electron chi connectivity index (χ1n) is 9.33. The number of carboxylic acids is 1. The summed E-state index contributed by atoms with van der Waals surface area (Å²) in [5.41, 5.74) is 1.13. The predicted octanol–water partition coefficient (Wildman–Crippen LogP) is 2.61. The quantitative estimate of drug-likeness (QED) is 0.868. The number of carbonyl (C=O) groups excluding carboxylic acids is 2. The number of nitrogens with zero attached hydrogens (tertiary/aromatic N) is 1. The average molecular weight is 356 g/mol. The average Bonchev–Trinajstić information content (AvgIpc) is 3.52. The van der Waals surface area contributed by atoms with E-state index in [0.29, 0.717) is 30.3 Å². The molecule has 4 rings (SSSR count). The van der Waals surface area contributed by atoms with Crippen LogP contribution in [0.2, 0.25) is 0 Å². The van der Waals surface area contributed by atoms with Gasteiger partial charge < -0.3 is 15.3 Å². The molecule has 2 saturated carbocycles. The molecule has 1 heterocycles. The van der Waals surface area contributed by atoms with Crippen LogP contribution in [0.3, 0.4) is 0 Å². The van der Waals surface area contributed by atoms with E-state index in [1.54, 1.807) is 29.2 Å². The maximum Gasteiger partial charge on any atom is 0.307 e. The van der Waals surface area contributed by atoms with Crippen molar-refractivity contribution in [2.75, 3.05) is 18.4 Å². The molecule has 6 heteroatoms. The lowest BCUT2D eigenvalue weighted by molar-refractivity contribution is -0.139. The third-order valence-electron chi connectivity index (χ3n) is 6.36. The minimum Gasteiger partial charge on any atom is -0.481 e. The van der Waals surface area contributed by atoms with Gasteiger partial charge in [0.15, 0.2) is 0 Å². The number of carbonyl (C=O) groups is 3. The molecule has 26 heavy (non-hydrogen) atoms. The molecule has 2 amide bonds. The number of carboxylic acid groups (broad SMARTS) is 1. The van der Waals surface area contributed by atoms with Gasteiger partial charge in [0.05, 0.1) is 5.92 Å². The Morgan fingerprint density at radius 3 is 2.50 bits per heavy atom. The van der Waals surface area contributed by atoms with Gasteiger partial charge in [-0.2, -0.15) is 0 Å². The maximum absolute atomic E-state index is 12.8. The van der Waals surface area contributed by atoms with Crippen LogP contribution >= 0.6 is 0 Å². The number of amides is 2. The van der Waals surface area contributed by atoms with Crippen molar-refractivity contribution >= 4 is 23.5 Å². The number of benzene rings is 1. The number of hydrogen-bond acceptors (Lipinski definition) is 3. The van der Waals surface area contributed by atoms with Crippen molar-refractivity contribution in [3.8, 4) is 0 Å². The number of nitrogens with one attached hydrogen (secondary N) is 1. The van der Waals surface area contributed by atoms with E-state index in [2.05, 4.69) is 12.2 Å². The topological polar surface area (TPSA) is 86.7 Å². The molecule has 1 aliphatic heterocycles. The van der Waals surface area contributed by atoms with Gasteiger partial charge in [0.1, 0.15) is 0 Å². The predicted molar refractivity (Wildman–Crippen MR) is 95.7 cm³/mol. The number of hydrogen-bond donors (Lipinski definition) is 2. The molecule has 3 aliphatic rings. The first-order valence-corrected chi connectivity index (χ1v) is 9.33. The summed E-state index contributed by atoms with van der Waals surface area (Å²) in [5, 5.41) is 12.1. The molecule has 1 spiro atoms. The minimum absolute atomic E-state index is 0.0236. The van der Waals surface area contributed by atoms with E-state index in [1.807, 2.05) is 0 Å².